The number of carboxylic acid groups (broad SMARTS) is 1. The smallest absolute Gasteiger partial charge is 0.337 e. The van der Waals surface area contributed by atoms with Gasteiger partial charge in [0.25, 0.3) is 0 Å². The van der Waals surface area contributed by atoms with Crippen LogP contribution in [-0.4, -0.2) is 25.7 Å². The zero-order valence-corrected chi connectivity index (χ0v) is 10.4. The normalized spacial score (nSPS) is 10.8. The van der Waals surface area contributed by atoms with E-state index in [1.54, 1.807) is 18.2 Å². The first-order chi connectivity index (χ1) is 9.13. The van der Waals surface area contributed by atoms with Gasteiger partial charge in [0.15, 0.2) is 11.5 Å². The van der Waals surface area contributed by atoms with Crippen LogP contribution in [0.5, 0.6) is 0 Å². The number of aromatic carboxylic acids is 1. The molecule has 1 aromatic carbocycles. The van der Waals surface area contributed by atoms with Gasteiger partial charge < -0.3 is 5.11 Å². The summed E-state index contributed by atoms with van der Waals surface area (Å²) in [5, 5.41) is 13.8. The number of fused-ring (bicyclic) bond motifs is 1. The Labute approximate surface area is 113 Å². The zero-order chi connectivity index (χ0) is 13.4. The highest BCUT2D eigenvalue weighted by atomic mass is 35.5. The van der Waals surface area contributed by atoms with Crippen molar-refractivity contribution in [1.82, 2.24) is 14.6 Å². The molecule has 94 valence electrons. The van der Waals surface area contributed by atoms with Crippen molar-refractivity contribution in [1.29, 1.82) is 0 Å². The Morgan fingerprint density at radius 2 is 1.89 bits per heavy atom. The monoisotopic (exact) mass is 273 g/mol. The number of carboxylic acids is 1. The first-order valence-corrected chi connectivity index (χ1v) is 5.87. The Kier molecular flexibility index (Phi) is 2.68. The molecular formula is C13H8ClN3O2. The Bertz CT molecular complexity index is 765. The predicted octanol–water partition coefficient (Wildman–Crippen LogP) is 2.75. The maximum absolute atomic E-state index is 10.9. The van der Waals surface area contributed by atoms with Gasteiger partial charge in [-0.25, -0.2) is 14.3 Å². The lowest BCUT2D eigenvalue weighted by atomic mass is 10.2. The molecule has 0 radical (unpaired) electrons. The fourth-order valence-electron chi connectivity index (χ4n) is 1.73. The van der Waals surface area contributed by atoms with Crippen LogP contribution in [0.2, 0.25) is 5.02 Å². The van der Waals surface area contributed by atoms with E-state index in [2.05, 4.69) is 10.1 Å². The van der Waals surface area contributed by atoms with Crippen molar-refractivity contribution in [3.05, 3.63) is 53.2 Å². The van der Waals surface area contributed by atoms with Crippen molar-refractivity contribution >= 4 is 23.2 Å². The van der Waals surface area contributed by atoms with Crippen molar-refractivity contribution in [2.24, 2.45) is 0 Å². The third kappa shape index (κ3) is 2.15. The zero-order valence-electron chi connectivity index (χ0n) is 9.62. The topological polar surface area (TPSA) is 67.5 Å². The minimum absolute atomic E-state index is 0.167. The molecule has 0 bridgehead atoms. The number of rotatable bonds is 2. The summed E-state index contributed by atoms with van der Waals surface area (Å²) in [6.07, 6.45) is 1.43. The van der Waals surface area contributed by atoms with Crippen LogP contribution in [0.1, 0.15) is 10.4 Å². The van der Waals surface area contributed by atoms with Crippen LogP contribution >= 0.6 is 11.6 Å². The van der Waals surface area contributed by atoms with E-state index < -0.39 is 5.97 Å². The molecule has 3 aromatic rings. The highest BCUT2D eigenvalue weighted by Gasteiger charge is 2.09. The number of hydrogen-bond acceptors (Lipinski definition) is 3. The second kappa shape index (κ2) is 4.37. The van der Waals surface area contributed by atoms with Crippen molar-refractivity contribution in [3.63, 3.8) is 0 Å². The summed E-state index contributed by atoms with van der Waals surface area (Å²) < 4.78 is 1.45. The lowest BCUT2D eigenvalue weighted by molar-refractivity contribution is 0.0696. The molecule has 19 heavy (non-hydrogen) atoms. The minimum Gasteiger partial charge on any atom is -0.478 e. The van der Waals surface area contributed by atoms with Crippen LogP contribution in [0.25, 0.3) is 17.0 Å². The van der Waals surface area contributed by atoms with Gasteiger partial charge in [0.05, 0.1) is 5.56 Å². The molecule has 5 nitrogen and oxygen atoms in total. The molecule has 0 aliphatic carbocycles. The summed E-state index contributed by atoms with van der Waals surface area (Å²) in [6, 6.07) is 10.3. The van der Waals surface area contributed by atoms with E-state index in [4.69, 9.17) is 16.7 Å². The second-order valence-electron chi connectivity index (χ2n) is 3.97. The number of pyridine rings is 1. The molecule has 0 atom stereocenters. The maximum atomic E-state index is 10.9. The van der Waals surface area contributed by atoms with Gasteiger partial charge >= 0.3 is 5.97 Å². The van der Waals surface area contributed by atoms with E-state index in [0.29, 0.717) is 16.5 Å². The van der Waals surface area contributed by atoms with Crippen LogP contribution < -0.4 is 0 Å². The number of benzene rings is 1. The van der Waals surface area contributed by atoms with Crippen LogP contribution in [0.15, 0.2) is 42.6 Å². The molecule has 3 rings (SSSR count). The van der Waals surface area contributed by atoms with Gasteiger partial charge in [-0.15, -0.1) is 5.10 Å². The summed E-state index contributed by atoms with van der Waals surface area (Å²) in [5.74, 6) is -0.468. The predicted molar refractivity (Wildman–Crippen MR) is 70.4 cm³/mol. The Balaban J connectivity index is 2.11. The molecular weight excluding hydrogens is 266 g/mol. The molecule has 6 heteroatoms. The van der Waals surface area contributed by atoms with Gasteiger partial charge in [0.2, 0.25) is 0 Å². The summed E-state index contributed by atoms with van der Waals surface area (Å²) in [5.41, 5.74) is 1.58. The number of carbonyl (C=O) groups is 1. The van der Waals surface area contributed by atoms with Gasteiger partial charge in [-0.05, 0) is 36.4 Å². The molecule has 2 heterocycles. The third-order valence-electron chi connectivity index (χ3n) is 2.68. The summed E-state index contributed by atoms with van der Waals surface area (Å²) in [4.78, 5) is 15.2. The molecule has 2 aromatic heterocycles. The summed E-state index contributed by atoms with van der Waals surface area (Å²) in [7, 11) is 0. The van der Waals surface area contributed by atoms with Gasteiger partial charge in [-0.1, -0.05) is 11.6 Å². The van der Waals surface area contributed by atoms with E-state index in [1.165, 1.54) is 16.8 Å². The minimum atomic E-state index is -0.995. The quantitative estimate of drug-likeness (QED) is 0.779. The van der Waals surface area contributed by atoms with Gasteiger partial charge in [-0.2, -0.15) is 0 Å². The molecule has 0 amide bonds. The Morgan fingerprint density at radius 3 is 2.58 bits per heavy atom. The molecule has 0 aliphatic rings. The fourth-order valence-corrected chi connectivity index (χ4v) is 1.86. The Morgan fingerprint density at radius 1 is 1.16 bits per heavy atom. The highest BCUT2D eigenvalue weighted by molar-refractivity contribution is 6.30. The van der Waals surface area contributed by atoms with Crippen LogP contribution in [-0.2, 0) is 0 Å². The summed E-state index contributed by atoms with van der Waals surface area (Å²) in [6.45, 7) is 0. The average molecular weight is 274 g/mol. The molecule has 0 saturated heterocycles. The van der Waals surface area contributed by atoms with Gasteiger partial charge in [0, 0.05) is 16.8 Å². The van der Waals surface area contributed by atoms with E-state index in [9.17, 15) is 4.79 Å². The van der Waals surface area contributed by atoms with Gasteiger partial charge in [-0.3, -0.25) is 0 Å². The second-order valence-corrected chi connectivity index (χ2v) is 4.40. The largest absolute Gasteiger partial charge is 0.478 e. The first-order valence-electron chi connectivity index (χ1n) is 5.49. The van der Waals surface area contributed by atoms with E-state index in [1.807, 2.05) is 12.1 Å². The standard InChI is InChI=1S/C13H8ClN3O2/c14-10-4-1-8(2-5-10)12-15-11-6-3-9(13(18)19)7-17(11)16-12/h1-7H,(H,18,19). The Hall–Kier alpha value is -2.40. The SMILES string of the molecule is O=C(O)c1ccc2nc(-c3ccc(Cl)cc3)nn2c1. The van der Waals surface area contributed by atoms with Crippen LogP contribution in [0, 0.1) is 0 Å². The van der Waals surface area contributed by atoms with E-state index in [0.717, 1.165) is 5.56 Å². The number of aromatic nitrogens is 3. The molecule has 0 aliphatic heterocycles. The van der Waals surface area contributed by atoms with Crippen molar-refractivity contribution in [2.75, 3.05) is 0 Å². The van der Waals surface area contributed by atoms with Crippen molar-refractivity contribution in [2.45, 2.75) is 0 Å². The molecule has 1 N–H and O–H groups in total. The molecule has 0 fully saturated rings. The molecule has 0 unspecified atom stereocenters. The lowest BCUT2D eigenvalue weighted by Gasteiger charge is -1.94. The lowest BCUT2D eigenvalue weighted by Crippen LogP contribution is -1.99. The van der Waals surface area contributed by atoms with Crippen molar-refractivity contribution < 1.29 is 9.90 Å². The number of hydrogen-bond donors (Lipinski definition) is 1. The molecule has 0 saturated carbocycles. The van der Waals surface area contributed by atoms with Gasteiger partial charge in [0.1, 0.15) is 0 Å². The number of halogens is 1. The van der Waals surface area contributed by atoms with E-state index in [-0.39, 0.29) is 5.56 Å². The van der Waals surface area contributed by atoms with Crippen LogP contribution in [0.4, 0.5) is 0 Å². The first kappa shape index (κ1) is 11.7. The fraction of sp³-hybridized carbons (Fsp3) is 0. The van der Waals surface area contributed by atoms with E-state index >= 15 is 0 Å². The third-order valence-corrected chi connectivity index (χ3v) is 2.93. The average Bonchev–Trinajstić information content (AvgIpc) is 2.82. The highest BCUT2D eigenvalue weighted by Crippen LogP contribution is 2.19. The summed E-state index contributed by atoms with van der Waals surface area (Å²) >= 11 is 5.82. The molecule has 0 spiro atoms. The van der Waals surface area contributed by atoms with Crippen LogP contribution in [0.3, 0.4) is 0 Å². The maximum Gasteiger partial charge on any atom is 0.337 e. The number of nitrogens with zero attached hydrogens (tertiary/aromatic N) is 3. The van der Waals surface area contributed by atoms with Crippen molar-refractivity contribution in [3.8, 4) is 11.4 Å².